The molecule has 2 unspecified atom stereocenters. The molecule has 0 bridgehead atoms. The Hall–Kier alpha value is -1.08. The van der Waals surface area contributed by atoms with Crippen molar-refractivity contribution in [2.24, 2.45) is 7.05 Å². The number of nitrogens with one attached hydrogen (secondary N) is 1. The van der Waals surface area contributed by atoms with Crippen molar-refractivity contribution < 1.29 is 9.90 Å². The van der Waals surface area contributed by atoms with Crippen LogP contribution >= 0.6 is 11.8 Å². The zero-order valence-electron chi connectivity index (χ0n) is 10.5. The molecule has 0 fully saturated rings. The van der Waals surface area contributed by atoms with Gasteiger partial charge in [0, 0.05) is 12.3 Å². The number of carboxylic acid groups (broad SMARTS) is 1. The fourth-order valence-corrected chi connectivity index (χ4v) is 2.56. The first-order chi connectivity index (χ1) is 7.89. The Morgan fingerprint density at radius 1 is 1.76 bits per heavy atom. The van der Waals surface area contributed by atoms with Crippen LogP contribution < -0.4 is 5.32 Å². The van der Waals surface area contributed by atoms with Gasteiger partial charge in [0.2, 0.25) is 0 Å². The molecule has 0 radical (unpaired) electrons. The summed E-state index contributed by atoms with van der Waals surface area (Å²) in [6, 6.07) is 0. The van der Waals surface area contributed by atoms with Crippen LogP contribution in [0.2, 0.25) is 0 Å². The average Bonchev–Trinajstić information content (AvgIpc) is 2.63. The minimum absolute atomic E-state index is 0.131. The normalized spacial score (nSPS) is 16.5. The first-order valence-electron chi connectivity index (χ1n) is 5.32. The summed E-state index contributed by atoms with van der Waals surface area (Å²) in [5.74, 6) is -0.842. The van der Waals surface area contributed by atoms with Crippen molar-refractivity contribution in [3.8, 4) is 0 Å². The largest absolute Gasteiger partial charge is 0.480 e. The molecule has 96 valence electrons. The highest BCUT2D eigenvalue weighted by atomic mass is 32.2. The predicted octanol–water partition coefficient (Wildman–Crippen LogP) is 0.748. The first-order valence-corrected chi connectivity index (χ1v) is 6.20. The summed E-state index contributed by atoms with van der Waals surface area (Å²) >= 11 is 1.52. The van der Waals surface area contributed by atoms with E-state index in [0.29, 0.717) is 6.42 Å². The topological polar surface area (TPSA) is 80.0 Å². The van der Waals surface area contributed by atoms with Gasteiger partial charge in [-0.25, -0.2) is 0 Å². The van der Waals surface area contributed by atoms with Gasteiger partial charge in [-0.3, -0.25) is 4.79 Å². The lowest BCUT2D eigenvalue weighted by molar-refractivity contribution is -0.144. The third kappa shape index (κ3) is 3.44. The second kappa shape index (κ2) is 5.50. The van der Waals surface area contributed by atoms with Gasteiger partial charge in [-0.05, 0) is 20.4 Å². The Labute approximate surface area is 105 Å². The Balaban J connectivity index is 2.63. The number of hydrogen-bond acceptors (Lipinski definition) is 5. The molecule has 7 heteroatoms. The van der Waals surface area contributed by atoms with Crippen LogP contribution in [0, 0.1) is 0 Å². The molecule has 0 aromatic carbocycles. The van der Waals surface area contributed by atoms with Crippen molar-refractivity contribution in [1.29, 1.82) is 0 Å². The zero-order valence-corrected chi connectivity index (χ0v) is 11.3. The van der Waals surface area contributed by atoms with E-state index in [9.17, 15) is 4.79 Å². The number of rotatable bonds is 6. The van der Waals surface area contributed by atoms with E-state index >= 15 is 0 Å². The molecular formula is C10H18N4O2S. The van der Waals surface area contributed by atoms with Gasteiger partial charge in [0.25, 0.3) is 0 Å². The number of carbonyl (C=O) groups is 1. The van der Waals surface area contributed by atoms with Crippen LogP contribution in [0.5, 0.6) is 0 Å². The van der Waals surface area contributed by atoms with Crippen LogP contribution in [0.15, 0.2) is 11.5 Å². The van der Waals surface area contributed by atoms with E-state index in [0.717, 1.165) is 5.16 Å². The molecule has 1 aromatic heterocycles. The summed E-state index contributed by atoms with van der Waals surface area (Å²) in [4.78, 5) is 11.2. The number of carboxylic acids is 1. The van der Waals surface area contributed by atoms with Crippen LogP contribution in [-0.2, 0) is 11.8 Å². The summed E-state index contributed by atoms with van der Waals surface area (Å²) in [5.41, 5.74) is -0.912. The van der Waals surface area contributed by atoms with E-state index in [1.54, 1.807) is 20.3 Å². The van der Waals surface area contributed by atoms with Crippen molar-refractivity contribution in [3.05, 3.63) is 6.33 Å². The molecule has 17 heavy (non-hydrogen) atoms. The number of aliphatic carboxylic acids is 1. The van der Waals surface area contributed by atoms with Gasteiger partial charge < -0.3 is 15.0 Å². The lowest BCUT2D eigenvalue weighted by Gasteiger charge is -2.26. The fourth-order valence-electron chi connectivity index (χ4n) is 1.47. The average molecular weight is 258 g/mol. The first kappa shape index (κ1) is 14.0. The van der Waals surface area contributed by atoms with Crippen molar-refractivity contribution >= 4 is 17.7 Å². The maximum atomic E-state index is 11.2. The molecule has 0 aliphatic carbocycles. The zero-order chi connectivity index (χ0) is 13.1. The third-order valence-corrected chi connectivity index (χ3v) is 3.85. The summed E-state index contributed by atoms with van der Waals surface area (Å²) in [5, 5.41) is 20.7. The van der Waals surface area contributed by atoms with Gasteiger partial charge in [-0.1, -0.05) is 18.7 Å². The van der Waals surface area contributed by atoms with Crippen LogP contribution in [0.25, 0.3) is 0 Å². The monoisotopic (exact) mass is 258 g/mol. The van der Waals surface area contributed by atoms with Gasteiger partial charge in [-0.2, -0.15) is 0 Å². The molecule has 1 aromatic rings. The molecule has 1 heterocycles. The van der Waals surface area contributed by atoms with E-state index in [-0.39, 0.29) is 5.25 Å². The second-order valence-corrected chi connectivity index (χ2v) is 5.65. The number of likely N-dealkylation sites (N-methyl/N-ethyl adjacent to an activating group) is 1. The predicted molar refractivity (Wildman–Crippen MR) is 66.0 cm³/mol. The molecule has 0 saturated carbocycles. The summed E-state index contributed by atoms with van der Waals surface area (Å²) < 4.78 is 1.82. The Bertz CT molecular complexity index is 395. The van der Waals surface area contributed by atoms with Crippen LogP contribution in [0.1, 0.15) is 20.3 Å². The molecule has 0 aliphatic heterocycles. The summed E-state index contributed by atoms with van der Waals surface area (Å²) in [6.07, 6.45) is 2.14. The molecule has 2 N–H and O–H groups in total. The molecule has 0 amide bonds. The lowest BCUT2D eigenvalue weighted by atomic mass is 9.97. The van der Waals surface area contributed by atoms with E-state index in [1.165, 1.54) is 11.8 Å². The smallest absolute Gasteiger partial charge is 0.323 e. The van der Waals surface area contributed by atoms with Gasteiger partial charge in [0.05, 0.1) is 0 Å². The fraction of sp³-hybridized carbons (Fsp3) is 0.700. The van der Waals surface area contributed by atoms with E-state index in [4.69, 9.17) is 5.11 Å². The van der Waals surface area contributed by atoms with E-state index < -0.39 is 11.5 Å². The standard InChI is InChI=1S/C10H18N4O2S/c1-7(5-10(2,11-3)8(15)16)17-9-13-12-6-14(9)4/h6-7,11H,5H2,1-4H3,(H,15,16). The van der Waals surface area contributed by atoms with Gasteiger partial charge >= 0.3 is 5.97 Å². The quantitative estimate of drug-likeness (QED) is 0.733. The van der Waals surface area contributed by atoms with Gasteiger partial charge in [0.1, 0.15) is 11.9 Å². The highest BCUT2D eigenvalue weighted by Crippen LogP contribution is 2.26. The lowest BCUT2D eigenvalue weighted by Crippen LogP contribution is -2.49. The van der Waals surface area contributed by atoms with Crippen LogP contribution in [0.4, 0.5) is 0 Å². The maximum absolute atomic E-state index is 11.2. The molecular weight excluding hydrogens is 240 g/mol. The summed E-state index contributed by atoms with van der Waals surface area (Å²) in [6.45, 7) is 3.67. The van der Waals surface area contributed by atoms with Crippen LogP contribution in [-0.4, -0.2) is 43.7 Å². The van der Waals surface area contributed by atoms with Crippen molar-refractivity contribution in [2.45, 2.75) is 36.2 Å². The number of thioether (sulfide) groups is 1. The second-order valence-electron chi connectivity index (χ2n) is 4.24. The molecule has 0 saturated heterocycles. The van der Waals surface area contributed by atoms with Gasteiger partial charge in [-0.15, -0.1) is 10.2 Å². The Morgan fingerprint density at radius 3 is 2.82 bits per heavy atom. The molecule has 6 nitrogen and oxygen atoms in total. The highest BCUT2D eigenvalue weighted by molar-refractivity contribution is 7.99. The summed E-state index contributed by atoms with van der Waals surface area (Å²) in [7, 11) is 3.53. The minimum atomic E-state index is -0.912. The van der Waals surface area contributed by atoms with Crippen molar-refractivity contribution in [2.75, 3.05) is 7.05 Å². The maximum Gasteiger partial charge on any atom is 0.323 e. The minimum Gasteiger partial charge on any atom is -0.480 e. The van der Waals surface area contributed by atoms with Crippen molar-refractivity contribution in [3.63, 3.8) is 0 Å². The molecule has 2 atom stereocenters. The number of nitrogens with zero attached hydrogens (tertiary/aromatic N) is 3. The number of aryl methyl sites for hydroxylation is 1. The van der Waals surface area contributed by atoms with Crippen molar-refractivity contribution in [1.82, 2.24) is 20.1 Å². The van der Waals surface area contributed by atoms with Gasteiger partial charge in [0.15, 0.2) is 5.16 Å². The van der Waals surface area contributed by atoms with E-state index in [2.05, 4.69) is 15.5 Å². The molecule has 0 spiro atoms. The van der Waals surface area contributed by atoms with E-state index in [1.807, 2.05) is 18.5 Å². The number of aromatic nitrogens is 3. The highest BCUT2D eigenvalue weighted by Gasteiger charge is 2.33. The Kier molecular flexibility index (Phi) is 4.53. The molecule has 1 rings (SSSR count). The third-order valence-electron chi connectivity index (χ3n) is 2.70. The molecule has 0 aliphatic rings. The SMILES string of the molecule is CNC(C)(CC(C)Sc1nncn1C)C(=O)O. The number of hydrogen-bond donors (Lipinski definition) is 2. The Morgan fingerprint density at radius 2 is 2.41 bits per heavy atom. The van der Waals surface area contributed by atoms with Crippen LogP contribution in [0.3, 0.4) is 0 Å².